The van der Waals surface area contributed by atoms with Gasteiger partial charge < -0.3 is 19.5 Å². The summed E-state index contributed by atoms with van der Waals surface area (Å²) in [7, 11) is -2.08. The van der Waals surface area contributed by atoms with E-state index in [4.69, 9.17) is 14.2 Å². The van der Waals surface area contributed by atoms with E-state index in [9.17, 15) is 13.2 Å². The van der Waals surface area contributed by atoms with Crippen LogP contribution in [-0.4, -0.2) is 59.4 Å². The molecule has 0 radical (unpaired) electrons. The molecule has 2 aliphatic heterocycles. The number of carbonyl (C=O) groups is 1. The van der Waals surface area contributed by atoms with E-state index in [2.05, 4.69) is 10.0 Å². The van der Waals surface area contributed by atoms with Crippen LogP contribution in [0.15, 0.2) is 23.1 Å². The summed E-state index contributed by atoms with van der Waals surface area (Å²) in [6.45, 7) is 3.54. The molecule has 0 spiro atoms. The van der Waals surface area contributed by atoms with Gasteiger partial charge in [0.1, 0.15) is 5.75 Å². The minimum atomic E-state index is -3.69. The summed E-state index contributed by atoms with van der Waals surface area (Å²) in [5.74, 6) is 0.0744. The molecule has 1 aromatic rings. The van der Waals surface area contributed by atoms with E-state index in [-0.39, 0.29) is 36.0 Å². The fourth-order valence-corrected chi connectivity index (χ4v) is 4.72. The number of fused-ring (bicyclic) bond motifs is 1. The summed E-state index contributed by atoms with van der Waals surface area (Å²) in [5, 5.41) is 3.34. The Hall–Kier alpha value is -1.39. The molecule has 2 aliphatic rings. The molecule has 158 valence electrons. The molecule has 1 aromatic carbocycles. The van der Waals surface area contributed by atoms with Crippen LogP contribution in [-0.2, 0) is 30.7 Å². The van der Waals surface area contributed by atoms with Crippen LogP contribution in [0.25, 0.3) is 0 Å². The van der Waals surface area contributed by atoms with E-state index in [1.54, 1.807) is 26.2 Å². The number of methoxy groups -OCH3 is 1. The Kier molecular flexibility index (Phi) is 7.69. The van der Waals surface area contributed by atoms with Crippen LogP contribution in [0, 0.1) is 0 Å². The maximum Gasteiger partial charge on any atom is 0.347 e. The Morgan fingerprint density at radius 3 is 2.86 bits per heavy atom. The van der Waals surface area contributed by atoms with Gasteiger partial charge >= 0.3 is 5.97 Å². The number of halogens is 1. The van der Waals surface area contributed by atoms with Crippen molar-refractivity contribution >= 4 is 28.4 Å². The molecule has 10 heteroatoms. The zero-order valence-electron chi connectivity index (χ0n) is 16.0. The molecule has 0 aromatic heterocycles. The first-order valence-corrected chi connectivity index (χ1v) is 10.6. The van der Waals surface area contributed by atoms with Crippen LogP contribution in [0.5, 0.6) is 5.75 Å². The molecule has 2 N–H and O–H groups in total. The van der Waals surface area contributed by atoms with Crippen molar-refractivity contribution in [2.24, 2.45) is 0 Å². The Morgan fingerprint density at radius 2 is 2.21 bits per heavy atom. The predicted molar refractivity (Wildman–Crippen MR) is 105 cm³/mol. The SMILES string of the molecule is CCOC(=O)C1Cc2cc(S(=O)(=O)NCC3(COC)CCCN3)ccc2O1.Cl. The normalized spacial score (nSPS) is 23.6. The van der Waals surface area contributed by atoms with Gasteiger partial charge in [-0.2, -0.15) is 0 Å². The zero-order valence-corrected chi connectivity index (χ0v) is 17.7. The third-order valence-corrected chi connectivity index (χ3v) is 6.32. The molecule has 2 heterocycles. The van der Waals surface area contributed by atoms with Crippen molar-refractivity contribution in [3.8, 4) is 5.75 Å². The van der Waals surface area contributed by atoms with Gasteiger partial charge in [-0.05, 0) is 50.1 Å². The molecule has 1 fully saturated rings. The lowest BCUT2D eigenvalue weighted by Gasteiger charge is -2.28. The summed E-state index contributed by atoms with van der Waals surface area (Å²) in [6.07, 6.45) is 1.41. The zero-order chi connectivity index (χ0) is 19.5. The maximum atomic E-state index is 12.7. The number of sulfonamides is 1. The van der Waals surface area contributed by atoms with Gasteiger partial charge in [0.25, 0.3) is 0 Å². The lowest BCUT2D eigenvalue weighted by molar-refractivity contribution is -0.150. The maximum absolute atomic E-state index is 12.7. The summed E-state index contributed by atoms with van der Waals surface area (Å²) in [5.41, 5.74) is 0.304. The highest BCUT2D eigenvalue weighted by atomic mass is 35.5. The highest BCUT2D eigenvalue weighted by Gasteiger charge is 2.35. The van der Waals surface area contributed by atoms with E-state index in [0.717, 1.165) is 19.4 Å². The van der Waals surface area contributed by atoms with Crippen molar-refractivity contribution in [1.82, 2.24) is 10.0 Å². The number of rotatable bonds is 8. The van der Waals surface area contributed by atoms with Crippen LogP contribution < -0.4 is 14.8 Å². The topological polar surface area (TPSA) is 103 Å². The molecule has 0 amide bonds. The number of benzene rings is 1. The second-order valence-electron chi connectivity index (χ2n) is 6.90. The number of carbonyl (C=O) groups excluding carboxylic acids is 1. The van der Waals surface area contributed by atoms with Crippen LogP contribution >= 0.6 is 12.4 Å². The quantitative estimate of drug-likeness (QED) is 0.589. The first kappa shape index (κ1) is 22.9. The molecule has 0 saturated carbocycles. The summed E-state index contributed by atoms with van der Waals surface area (Å²) >= 11 is 0. The molecule has 0 aliphatic carbocycles. The number of esters is 1. The monoisotopic (exact) mass is 434 g/mol. The second-order valence-corrected chi connectivity index (χ2v) is 8.67. The highest BCUT2D eigenvalue weighted by molar-refractivity contribution is 7.89. The predicted octanol–water partition coefficient (Wildman–Crippen LogP) is 1.02. The molecule has 0 bridgehead atoms. The first-order valence-electron chi connectivity index (χ1n) is 9.09. The Bertz CT molecular complexity index is 795. The molecular formula is C18H27ClN2O6S. The van der Waals surface area contributed by atoms with Crippen molar-refractivity contribution in [3.05, 3.63) is 23.8 Å². The van der Waals surface area contributed by atoms with Gasteiger partial charge in [0.15, 0.2) is 6.10 Å². The van der Waals surface area contributed by atoms with Gasteiger partial charge in [-0.1, -0.05) is 0 Å². The van der Waals surface area contributed by atoms with Gasteiger partial charge in [0.2, 0.25) is 10.0 Å². The summed E-state index contributed by atoms with van der Waals surface area (Å²) < 4.78 is 44.0. The largest absolute Gasteiger partial charge is 0.478 e. The lowest BCUT2D eigenvalue weighted by Crippen LogP contribution is -2.52. The third-order valence-electron chi connectivity index (χ3n) is 4.92. The smallest absolute Gasteiger partial charge is 0.347 e. The van der Waals surface area contributed by atoms with Crippen LogP contribution in [0.2, 0.25) is 0 Å². The average molecular weight is 435 g/mol. The molecule has 28 heavy (non-hydrogen) atoms. The van der Waals surface area contributed by atoms with E-state index in [1.807, 2.05) is 0 Å². The summed E-state index contributed by atoms with van der Waals surface area (Å²) in [6, 6.07) is 4.63. The van der Waals surface area contributed by atoms with Gasteiger partial charge in [-0.15, -0.1) is 12.4 Å². The van der Waals surface area contributed by atoms with Gasteiger partial charge in [0.05, 0.1) is 23.6 Å². The van der Waals surface area contributed by atoms with E-state index < -0.39 is 22.1 Å². The van der Waals surface area contributed by atoms with Crippen molar-refractivity contribution in [3.63, 3.8) is 0 Å². The second kappa shape index (κ2) is 9.41. The third kappa shape index (κ3) is 4.96. The van der Waals surface area contributed by atoms with E-state index in [1.165, 1.54) is 6.07 Å². The molecule has 3 rings (SSSR count). The fraction of sp³-hybridized carbons (Fsp3) is 0.611. The van der Waals surface area contributed by atoms with Crippen LogP contribution in [0.1, 0.15) is 25.3 Å². The molecular weight excluding hydrogens is 408 g/mol. The van der Waals surface area contributed by atoms with Gasteiger partial charge in [0, 0.05) is 20.1 Å². The first-order chi connectivity index (χ1) is 12.9. The fourth-order valence-electron chi connectivity index (χ4n) is 3.55. The molecule has 2 unspecified atom stereocenters. The number of ether oxygens (including phenoxy) is 3. The van der Waals surface area contributed by atoms with Crippen molar-refractivity contribution in [2.45, 2.75) is 42.7 Å². The Balaban J connectivity index is 0.00000280. The Morgan fingerprint density at radius 1 is 1.43 bits per heavy atom. The van der Waals surface area contributed by atoms with E-state index in [0.29, 0.717) is 24.3 Å². The van der Waals surface area contributed by atoms with Gasteiger partial charge in [-0.25, -0.2) is 17.9 Å². The molecule has 8 nitrogen and oxygen atoms in total. The van der Waals surface area contributed by atoms with Crippen molar-refractivity contribution < 1.29 is 27.4 Å². The van der Waals surface area contributed by atoms with Crippen LogP contribution in [0.3, 0.4) is 0 Å². The van der Waals surface area contributed by atoms with Gasteiger partial charge in [-0.3, -0.25) is 0 Å². The lowest BCUT2D eigenvalue weighted by atomic mass is 9.99. The minimum absolute atomic E-state index is 0. The number of nitrogens with one attached hydrogen (secondary N) is 2. The number of hydrogen-bond acceptors (Lipinski definition) is 7. The van der Waals surface area contributed by atoms with Crippen LogP contribution in [0.4, 0.5) is 0 Å². The Labute approximate surface area is 171 Å². The highest BCUT2D eigenvalue weighted by Crippen LogP contribution is 2.31. The molecule has 2 atom stereocenters. The standard InChI is InChI=1S/C18H26N2O6S.ClH/c1-3-25-17(21)16-10-13-9-14(5-6-15(13)26-16)27(22,23)20-11-18(12-24-2)7-4-8-19-18;/h5-6,9,16,19-20H,3-4,7-8,10-12H2,1-2H3;1H. The van der Waals surface area contributed by atoms with Crippen molar-refractivity contribution in [1.29, 1.82) is 0 Å². The minimum Gasteiger partial charge on any atom is -0.478 e. The summed E-state index contributed by atoms with van der Waals surface area (Å²) in [4.78, 5) is 12.0. The average Bonchev–Trinajstić information content (AvgIpc) is 3.27. The number of hydrogen-bond donors (Lipinski definition) is 2. The molecule has 1 saturated heterocycles. The van der Waals surface area contributed by atoms with Crippen molar-refractivity contribution in [2.75, 3.05) is 33.4 Å². The van der Waals surface area contributed by atoms with E-state index >= 15 is 0 Å².